The zero-order valence-electron chi connectivity index (χ0n) is 9.02. The number of hydrogen-bond acceptors (Lipinski definition) is 4. The van der Waals surface area contributed by atoms with Crippen LogP contribution in [0.5, 0.6) is 0 Å². The molecule has 2 atom stereocenters. The minimum Gasteiger partial charge on any atom is -0.383 e. The molecule has 1 aliphatic heterocycles. The Hall–Kier alpha value is -0.620. The van der Waals surface area contributed by atoms with Crippen LogP contribution in [0.1, 0.15) is 13.3 Å². The molecule has 1 amide bonds. The third-order valence-electron chi connectivity index (χ3n) is 2.41. The van der Waals surface area contributed by atoms with Crippen LogP contribution in [-0.4, -0.2) is 45.6 Å². The van der Waals surface area contributed by atoms with Gasteiger partial charge in [-0.1, -0.05) is 0 Å². The smallest absolute Gasteiger partial charge is 0.224 e. The summed E-state index contributed by atoms with van der Waals surface area (Å²) in [6, 6.07) is -0.0780. The van der Waals surface area contributed by atoms with Gasteiger partial charge in [0.15, 0.2) is 9.84 Å². The van der Waals surface area contributed by atoms with Gasteiger partial charge in [-0.25, -0.2) is 8.42 Å². The highest BCUT2D eigenvalue weighted by molar-refractivity contribution is 7.91. The molecule has 0 spiro atoms. The molecule has 1 heterocycles. The van der Waals surface area contributed by atoms with Crippen LogP contribution in [0.15, 0.2) is 0 Å². The monoisotopic (exact) mass is 235 g/mol. The minimum absolute atomic E-state index is 0.0153. The largest absolute Gasteiger partial charge is 0.383 e. The van der Waals surface area contributed by atoms with Crippen molar-refractivity contribution < 1.29 is 17.9 Å². The Morgan fingerprint density at radius 1 is 1.60 bits per heavy atom. The van der Waals surface area contributed by atoms with Crippen molar-refractivity contribution in [2.45, 2.75) is 19.4 Å². The lowest BCUT2D eigenvalue weighted by Crippen LogP contribution is -2.39. The normalized spacial score (nSPS) is 26.1. The molecule has 0 aliphatic carbocycles. The van der Waals surface area contributed by atoms with Crippen LogP contribution < -0.4 is 5.32 Å². The molecule has 1 saturated heterocycles. The number of methoxy groups -OCH3 is 1. The number of carbonyl (C=O) groups excluding carboxylic acids is 1. The van der Waals surface area contributed by atoms with E-state index >= 15 is 0 Å². The number of rotatable bonds is 4. The summed E-state index contributed by atoms with van der Waals surface area (Å²) in [6.45, 7) is 2.26. The van der Waals surface area contributed by atoms with Crippen molar-refractivity contribution in [2.24, 2.45) is 5.92 Å². The molecular weight excluding hydrogens is 218 g/mol. The third-order valence-corrected chi connectivity index (χ3v) is 4.18. The lowest BCUT2D eigenvalue weighted by molar-refractivity contribution is -0.125. The predicted molar refractivity (Wildman–Crippen MR) is 56.2 cm³/mol. The summed E-state index contributed by atoms with van der Waals surface area (Å²) >= 11 is 0. The number of amides is 1. The summed E-state index contributed by atoms with van der Waals surface area (Å²) in [4.78, 5) is 11.6. The van der Waals surface area contributed by atoms with Crippen molar-refractivity contribution >= 4 is 15.7 Å². The molecule has 0 bridgehead atoms. The lowest BCUT2D eigenvalue weighted by Gasteiger charge is -2.15. The van der Waals surface area contributed by atoms with E-state index in [2.05, 4.69) is 5.32 Å². The molecule has 15 heavy (non-hydrogen) atoms. The first kappa shape index (κ1) is 12.4. The van der Waals surface area contributed by atoms with E-state index in [4.69, 9.17) is 4.74 Å². The quantitative estimate of drug-likeness (QED) is 0.718. The fourth-order valence-corrected chi connectivity index (χ4v) is 3.40. The Morgan fingerprint density at radius 3 is 2.73 bits per heavy atom. The van der Waals surface area contributed by atoms with Crippen molar-refractivity contribution in [1.82, 2.24) is 5.32 Å². The molecule has 1 aliphatic rings. The highest BCUT2D eigenvalue weighted by Gasteiger charge is 2.33. The van der Waals surface area contributed by atoms with E-state index in [1.165, 1.54) is 0 Å². The number of carbonyl (C=O) groups is 1. The molecule has 1 N–H and O–H groups in total. The average Bonchev–Trinajstić information content (AvgIpc) is 2.46. The molecule has 0 aromatic carbocycles. The molecule has 88 valence electrons. The Kier molecular flexibility index (Phi) is 4.10. The molecule has 0 unspecified atom stereocenters. The Labute approximate surface area is 90.1 Å². The molecule has 5 nitrogen and oxygen atoms in total. The van der Waals surface area contributed by atoms with Gasteiger partial charge in [0.1, 0.15) is 0 Å². The van der Waals surface area contributed by atoms with Gasteiger partial charge in [0, 0.05) is 13.2 Å². The number of sulfone groups is 1. The number of nitrogens with one attached hydrogen (secondary N) is 1. The molecule has 6 heteroatoms. The van der Waals surface area contributed by atoms with E-state index in [-0.39, 0.29) is 29.4 Å². The van der Waals surface area contributed by atoms with Gasteiger partial charge in [0.2, 0.25) is 5.91 Å². The van der Waals surface area contributed by atoms with Crippen molar-refractivity contribution in [3.8, 4) is 0 Å². The fraction of sp³-hybridized carbons (Fsp3) is 0.889. The van der Waals surface area contributed by atoms with Crippen LogP contribution in [-0.2, 0) is 19.4 Å². The molecular formula is C9H17NO4S. The van der Waals surface area contributed by atoms with Crippen LogP contribution in [0.3, 0.4) is 0 Å². The van der Waals surface area contributed by atoms with Crippen LogP contribution in [0.4, 0.5) is 0 Å². The predicted octanol–water partition coefficient (Wildman–Crippen LogP) is -0.428. The van der Waals surface area contributed by atoms with Crippen molar-refractivity contribution in [1.29, 1.82) is 0 Å². The molecule has 1 rings (SSSR count). The Bertz CT molecular complexity index is 325. The second-order valence-corrected chi connectivity index (χ2v) is 6.19. The van der Waals surface area contributed by atoms with Gasteiger partial charge in [0.25, 0.3) is 0 Å². The van der Waals surface area contributed by atoms with Crippen LogP contribution in [0, 0.1) is 5.92 Å². The molecule has 0 radical (unpaired) electrons. The maximum atomic E-state index is 11.6. The van der Waals surface area contributed by atoms with Crippen molar-refractivity contribution in [2.75, 3.05) is 25.2 Å². The van der Waals surface area contributed by atoms with E-state index in [9.17, 15) is 13.2 Å². The number of ether oxygens (including phenoxy) is 1. The van der Waals surface area contributed by atoms with E-state index in [0.29, 0.717) is 13.0 Å². The van der Waals surface area contributed by atoms with Crippen molar-refractivity contribution in [3.63, 3.8) is 0 Å². The summed E-state index contributed by atoms with van der Waals surface area (Å²) in [5.41, 5.74) is 0. The average molecular weight is 235 g/mol. The highest BCUT2D eigenvalue weighted by atomic mass is 32.2. The van der Waals surface area contributed by atoms with Gasteiger partial charge < -0.3 is 10.1 Å². The summed E-state index contributed by atoms with van der Waals surface area (Å²) < 4.78 is 27.2. The second kappa shape index (κ2) is 4.94. The van der Waals surface area contributed by atoms with Gasteiger partial charge in [0.05, 0.1) is 24.0 Å². The van der Waals surface area contributed by atoms with E-state index in [0.717, 1.165) is 0 Å². The first-order valence-corrected chi connectivity index (χ1v) is 6.76. The summed E-state index contributed by atoms with van der Waals surface area (Å²) in [6.07, 6.45) is 0.438. The van der Waals surface area contributed by atoms with E-state index in [1.54, 1.807) is 7.11 Å². The van der Waals surface area contributed by atoms with E-state index < -0.39 is 9.84 Å². The van der Waals surface area contributed by atoms with Gasteiger partial charge in [-0.05, 0) is 13.3 Å². The lowest BCUT2D eigenvalue weighted by atomic mass is 10.1. The Balaban J connectivity index is 2.42. The summed E-state index contributed by atoms with van der Waals surface area (Å²) in [5, 5.41) is 2.73. The minimum atomic E-state index is -2.98. The topological polar surface area (TPSA) is 72.5 Å². The van der Waals surface area contributed by atoms with Crippen LogP contribution in [0.25, 0.3) is 0 Å². The number of hydrogen-bond donors (Lipinski definition) is 1. The summed E-state index contributed by atoms with van der Waals surface area (Å²) in [7, 11) is -1.42. The zero-order valence-corrected chi connectivity index (χ0v) is 9.84. The standard InChI is InChI=1S/C9H17NO4S/c1-7(5-14-2)10-9(11)8-3-4-15(12,13)6-8/h7-8H,3-6H2,1-2H3,(H,10,11)/t7-,8-/m0/s1. The molecule has 0 aromatic heterocycles. The Morgan fingerprint density at radius 2 is 2.27 bits per heavy atom. The SMILES string of the molecule is COC[C@H](C)NC(=O)[C@H]1CCS(=O)(=O)C1. The van der Waals surface area contributed by atoms with Gasteiger partial charge >= 0.3 is 0 Å². The van der Waals surface area contributed by atoms with Gasteiger partial charge in [-0.15, -0.1) is 0 Å². The molecule has 0 aromatic rings. The fourth-order valence-electron chi connectivity index (χ4n) is 1.65. The summed E-state index contributed by atoms with van der Waals surface area (Å²) in [5.74, 6) is -0.447. The van der Waals surface area contributed by atoms with Crippen molar-refractivity contribution in [3.05, 3.63) is 0 Å². The first-order valence-electron chi connectivity index (χ1n) is 4.94. The first-order chi connectivity index (χ1) is 6.94. The maximum absolute atomic E-state index is 11.6. The molecule has 1 fully saturated rings. The zero-order chi connectivity index (χ0) is 11.5. The second-order valence-electron chi connectivity index (χ2n) is 3.96. The van der Waals surface area contributed by atoms with Gasteiger partial charge in [-0.3, -0.25) is 4.79 Å². The highest BCUT2D eigenvalue weighted by Crippen LogP contribution is 2.18. The third kappa shape index (κ3) is 3.79. The molecule has 0 saturated carbocycles. The van der Waals surface area contributed by atoms with Crippen LogP contribution >= 0.6 is 0 Å². The van der Waals surface area contributed by atoms with Gasteiger partial charge in [-0.2, -0.15) is 0 Å². The maximum Gasteiger partial charge on any atom is 0.224 e. The van der Waals surface area contributed by atoms with E-state index in [1.807, 2.05) is 6.92 Å². The van der Waals surface area contributed by atoms with Crippen LogP contribution in [0.2, 0.25) is 0 Å².